The van der Waals surface area contributed by atoms with Crippen LogP contribution in [0.4, 0.5) is 0 Å². The molecule has 19 heavy (non-hydrogen) atoms. The number of benzene rings is 1. The summed E-state index contributed by atoms with van der Waals surface area (Å²) >= 11 is 0. The van der Waals surface area contributed by atoms with Crippen molar-refractivity contribution in [3.05, 3.63) is 47.6 Å². The first-order chi connectivity index (χ1) is 9.33. The lowest BCUT2D eigenvalue weighted by atomic mass is 10.1. The average molecular weight is 258 g/mol. The molecule has 1 unspecified atom stereocenters. The van der Waals surface area contributed by atoms with Crippen LogP contribution >= 0.6 is 0 Å². The van der Waals surface area contributed by atoms with Crippen molar-refractivity contribution < 1.29 is 9.63 Å². The fourth-order valence-electron chi connectivity index (χ4n) is 2.66. The lowest BCUT2D eigenvalue weighted by Gasteiger charge is -2.07. The zero-order valence-corrected chi connectivity index (χ0v) is 10.8. The third-order valence-electron chi connectivity index (χ3n) is 3.76. The quantitative estimate of drug-likeness (QED) is 0.915. The van der Waals surface area contributed by atoms with Gasteiger partial charge in [0, 0.05) is 5.92 Å². The summed E-state index contributed by atoms with van der Waals surface area (Å²) in [5, 5.41) is 14.2. The molecule has 3 rings (SSSR count). The number of aliphatic hydroxyl groups excluding tert-OH is 1. The zero-order valence-electron chi connectivity index (χ0n) is 10.8. The molecule has 100 valence electrons. The van der Waals surface area contributed by atoms with Crippen LogP contribution < -0.4 is 0 Å². The van der Waals surface area contributed by atoms with Gasteiger partial charge >= 0.3 is 0 Å². The number of rotatable bonds is 4. The zero-order chi connectivity index (χ0) is 13.1. The maximum atomic E-state index is 10.1. The first-order valence-corrected chi connectivity index (χ1v) is 6.88. The van der Waals surface area contributed by atoms with Crippen molar-refractivity contribution in [1.82, 2.24) is 10.1 Å². The van der Waals surface area contributed by atoms with E-state index in [1.165, 1.54) is 12.8 Å². The number of aromatic nitrogens is 2. The summed E-state index contributed by atoms with van der Waals surface area (Å²) in [7, 11) is 0. The van der Waals surface area contributed by atoms with Gasteiger partial charge in [-0.05, 0) is 18.4 Å². The highest BCUT2D eigenvalue weighted by Gasteiger charge is 2.23. The van der Waals surface area contributed by atoms with Gasteiger partial charge in [-0.3, -0.25) is 0 Å². The smallest absolute Gasteiger partial charge is 0.229 e. The summed E-state index contributed by atoms with van der Waals surface area (Å²) in [6, 6.07) is 9.56. The standard InChI is InChI=1S/C15H18N2O2/c18-13(11-6-2-1-3-7-11)10-14-16-15(17-19-14)12-8-4-5-9-12/h1-3,6-7,12-13,18H,4-5,8-10H2. The lowest BCUT2D eigenvalue weighted by Crippen LogP contribution is -2.02. The van der Waals surface area contributed by atoms with Crippen molar-refractivity contribution in [2.45, 2.75) is 44.1 Å². The van der Waals surface area contributed by atoms with Crippen LogP contribution in [-0.4, -0.2) is 15.2 Å². The fraction of sp³-hybridized carbons (Fsp3) is 0.467. The Morgan fingerprint density at radius 3 is 2.68 bits per heavy atom. The minimum absolute atomic E-state index is 0.379. The maximum Gasteiger partial charge on any atom is 0.229 e. The van der Waals surface area contributed by atoms with E-state index in [9.17, 15) is 5.11 Å². The van der Waals surface area contributed by atoms with E-state index in [0.717, 1.165) is 24.2 Å². The van der Waals surface area contributed by atoms with E-state index in [1.807, 2.05) is 30.3 Å². The fourth-order valence-corrected chi connectivity index (χ4v) is 2.66. The van der Waals surface area contributed by atoms with E-state index in [1.54, 1.807) is 0 Å². The van der Waals surface area contributed by atoms with Crippen molar-refractivity contribution in [3.63, 3.8) is 0 Å². The molecule has 1 fully saturated rings. The van der Waals surface area contributed by atoms with Crippen molar-refractivity contribution in [1.29, 1.82) is 0 Å². The third kappa shape index (κ3) is 2.84. The predicted octanol–water partition coefficient (Wildman–Crippen LogP) is 3.00. The Bertz CT molecular complexity index is 518. The van der Waals surface area contributed by atoms with Crippen molar-refractivity contribution in [2.24, 2.45) is 0 Å². The van der Waals surface area contributed by atoms with Crippen LogP contribution in [0.5, 0.6) is 0 Å². The van der Waals surface area contributed by atoms with Crippen molar-refractivity contribution in [2.75, 3.05) is 0 Å². The van der Waals surface area contributed by atoms with Gasteiger partial charge in [0.15, 0.2) is 5.82 Å². The van der Waals surface area contributed by atoms with Crippen molar-refractivity contribution in [3.8, 4) is 0 Å². The maximum absolute atomic E-state index is 10.1. The molecule has 0 radical (unpaired) electrons. The summed E-state index contributed by atoms with van der Waals surface area (Å²) < 4.78 is 5.25. The first-order valence-electron chi connectivity index (χ1n) is 6.88. The van der Waals surface area contributed by atoms with Gasteiger partial charge in [0.2, 0.25) is 5.89 Å². The Morgan fingerprint density at radius 1 is 1.21 bits per heavy atom. The topological polar surface area (TPSA) is 59.2 Å². The number of aliphatic hydroxyl groups is 1. The van der Waals surface area contributed by atoms with Crippen LogP contribution in [0.1, 0.15) is 55.0 Å². The Kier molecular flexibility index (Phi) is 3.60. The molecule has 0 aliphatic heterocycles. The van der Waals surface area contributed by atoms with Crippen LogP contribution in [-0.2, 0) is 6.42 Å². The number of nitrogens with zero attached hydrogens (tertiary/aromatic N) is 2. The second kappa shape index (κ2) is 5.53. The van der Waals surface area contributed by atoms with E-state index < -0.39 is 6.10 Å². The molecule has 1 atom stereocenters. The molecular weight excluding hydrogens is 240 g/mol. The Hall–Kier alpha value is -1.68. The van der Waals surface area contributed by atoms with E-state index in [0.29, 0.717) is 18.2 Å². The van der Waals surface area contributed by atoms with E-state index in [4.69, 9.17) is 4.52 Å². The van der Waals surface area contributed by atoms with E-state index >= 15 is 0 Å². The molecule has 0 bridgehead atoms. The van der Waals surface area contributed by atoms with Gasteiger partial charge in [-0.25, -0.2) is 0 Å². The number of hydrogen-bond donors (Lipinski definition) is 1. The summed E-state index contributed by atoms with van der Waals surface area (Å²) in [6.45, 7) is 0. The number of hydrogen-bond acceptors (Lipinski definition) is 4. The van der Waals surface area contributed by atoms with Crippen LogP contribution in [0.2, 0.25) is 0 Å². The molecule has 1 N–H and O–H groups in total. The van der Waals surface area contributed by atoms with Gasteiger partial charge in [-0.2, -0.15) is 4.98 Å². The third-order valence-corrected chi connectivity index (χ3v) is 3.76. The van der Waals surface area contributed by atoms with Crippen LogP contribution in [0.3, 0.4) is 0 Å². The predicted molar refractivity (Wildman–Crippen MR) is 70.6 cm³/mol. The lowest BCUT2D eigenvalue weighted by molar-refractivity contribution is 0.164. The Morgan fingerprint density at radius 2 is 1.95 bits per heavy atom. The molecule has 0 spiro atoms. The molecule has 1 aromatic carbocycles. The average Bonchev–Trinajstić information content (AvgIpc) is 3.10. The highest BCUT2D eigenvalue weighted by atomic mass is 16.5. The Labute approximate surface area is 112 Å². The minimum atomic E-state index is -0.585. The van der Waals surface area contributed by atoms with Gasteiger partial charge in [0.05, 0.1) is 12.5 Å². The molecule has 1 saturated carbocycles. The van der Waals surface area contributed by atoms with E-state index in [-0.39, 0.29) is 0 Å². The highest BCUT2D eigenvalue weighted by Crippen LogP contribution is 2.32. The molecule has 1 aromatic heterocycles. The van der Waals surface area contributed by atoms with Gasteiger partial charge in [0.25, 0.3) is 0 Å². The monoisotopic (exact) mass is 258 g/mol. The van der Waals surface area contributed by atoms with Crippen LogP contribution in [0.25, 0.3) is 0 Å². The van der Waals surface area contributed by atoms with Gasteiger partial charge in [-0.15, -0.1) is 0 Å². The molecule has 4 heteroatoms. The molecular formula is C15H18N2O2. The minimum Gasteiger partial charge on any atom is -0.388 e. The van der Waals surface area contributed by atoms with Crippen molar-refractivity contribution >= 4 is 0 Å². The molecule has 0 amide bonds. The summed E-state index contributed by atoms with van der Waals surface area (Å²) in [5.41, 5.74) is 0.878. The molecule has 2 aromatic rings. The molecule has 1 aliphatic rings. The van der Waals surface area contributed by atoms with Crippen LogP contribution in [0, 0.1) is 0 Å². The SMILES string of the molecule is OC(Cc1nc(C2CCCC2)no1)c1ccccc1. The van der Waals surface area contributed by atoms with Gasteiger partial charge in [-0.1, -0.05) is 48.3 Å². The van der Waals surface area contributed by atoms with E-state index in [2.05, 4.69) is 10.1 Å². The van der Waals surface area contributed by atoms with Gasteiger partial charge < -0.3 is 9.63 Å². The summed E-state index contributed by atoms with van der Waals surface area (Å²) in [5.74, 6) is 1.79. The molecule has 1 aliphatic carbocycles. The normalized spacial score (nSPS) is 17.7. The largest absolute Gasteiger partial charge is 0.388 e. The second-order valence-corrected chi connectivity index (χ2v) is 5.16. The summed E-state index contributed by atoms with van der Waals surface area (Å²) in [4.78, 5) is 4.42. The highest BCUT2D eigenvalue weighted by molar-refractivity contribution is 5.18. The van der Waals surface area contributed by atoms with Crippen LogP contribution in [0.15, 0.2) is 34.9 Å². The molecule has 1 heterocycles. The molecule has 0 saturated heterocycles. The Balaban J connectivity index is 1.66. The summed E-state index contributed by atoms with van der Waals surface area (Å²) in [6.07, 6.45) is 4.60. The molecule has 4 nitrogen and oxygen atoms in total. The van der Waals surface area contributed by atoms with Gasteiger partial charge in [0.1, 0.15) is 0 Å². The first kappa shape index (κ1) is 12.4. The second-order valence-electron chi connectivity index (χ2n) is 5.16.